The summed E-state index contributed by atoms with van der Waals surface area (Å²) in [4.78, 5) is 24.3. The SMILES string of the molecule is COc1ccc(OC)c(NC(=O)CSc2nnc(NC(=O)Nc3ccc(F)cc3)s2)c1. The van der Waals surface area contributed by atoms with E-state index in [1.54, 1.807) is 18.2 Å². The molecule has 0 atom stereocenters. The van der Waals surface area contributed by atoms with E-state index >= 15 is 0 Å². The maximum Gasteiger partial charge on any atom is 0.325 e. The van der Waals surface area contributed by atoms with Crippen LogP contribution in [0.1, 0.15) is 0 Å². The first-order valence-corrected chi connectivity index (χ1v) is 10.6. The van der Waals surface area contributed by atoms with E-state index in [4.69, 9.17) is 9.47 Å². The molecular formula is C19H18FN5O4S2. The summed E-state index contributed by atoms with van der Waals surface area (Å²) in [5, 5.41) is 15.9. The predicted octanol–water partition coefficient (Wildman–Crippen LogP) is 4.07. The minimum atomic E-state index is -0.540. The summed E-state index contributed by atoms with van der Waals surface area (Å²) < 4.78 is 23.8. The van der Waals surface area contributed by atoms with Crippen molar-refractivity contribution in [3.8, 4) is 11.5 Å². The predicted molar refractivity (Wildman–Crippen MR) is 118 cm³/mol. The summed E-state index contributed by atoms with van der Waals surface area (Å²) in [5.74, 6) is 0.508. The van der Waals surface area contributed by atoms with Gasteiger partial charge in [0, 0.05) is 11.8 Å². The van der Waals surface area contributed by atoms with Crippen molar-refractivity contribution in [1.82, 2.24) is 10.2 Å². The molecule has 3 rings (SSSR count). The Morgan fingerprint density at radius 1 is 1.03 bits per heavy atom. The van der Waals surface area contributed by atoms with Crippen LogP contribution in [0.15, 0.2) is 46.8 Å². The monoisotopic (exact) mass is 463 g/mol. The zero-order valence-electron chi connectivity index (χ0n) is 16.5. The summed E-state index contributed by atoms with van der Waals surface area (Å²) in [6.45, 7) is 0. The Bertz CT molecular complexity index is 1060. The number of benzene rings is 2. The molecule has 12 heteroatoms. The average Bonchev–Trinajstić information content (AvgIpc) is 3.21. The van der Waals surface area contributed by atoms with Gasteiger partial charge >= 0.3 is 6.03 Å². The normalized spacial score (nSPS) is 10.3. The molecule has 3 aromatic rings. The Labute approximate surface area is 185 Å². The second-order valence-corrected chi connectivity index (χ2v) is 8.06. The molecule has 0 spiro atoms. The van der Waals surface area contributed by atoms with Crippen LogP contribution in [0.2, 0.25) is 0 Å². The molecule has 1 heterocycles. The fourth-order valence-electron chi connectivity index (χ4n) is 2.34. The number of ether oxygens (including phenoxy) is 2. The fourth-order valence-corrected chi connectivity index (χ4v) is 3.88. The average molecular weight is 464 g/mol. The minimum absolute atomic E-state index is 0.0801. The number of thioether (sulfide) groups is 1. The maximum atomic E-state index is 12.9. The van der Waals surface area contributed by atoms with Crippen molar-refractivity contribution in [2.45, 2.75) is 4.34 Å². The first-order chi connectivity index (χ1) is 15.0. The molecule has 31 heavy (non-hydrogen) atoms. The van der Waals surface area contributed by atoms with Crippen molar-refractivity contribution in [2.75, 3.05) is 35.9 Å². The summed E-state index contributed by atoms with van der Waals surface area (Å²) in [5.41, 5.74) is 0.923. The Morgan fingerprint density at radius 3 is 2.52 bits per heavy atom. The number of amides is 3. The number of anilines is 3. The topological polar surface area (TPSA) is 114 Å². The molecule has 0 radical (unpaired) electrons. The molecule has 1 aromatic heterocycles. The van der Waals surface area contributed by atoms with E-state index < -0.39 is 11.8 Å². The van der Waals surface area contributed by atoms with Gasteiger partial charge in [0.1, 0.15) is 17.3 Å². The number of rotatable bonds is 8. The third kappa shape index (κ3) is 6.55. The molecule has 0 saturated heterocycles. The van der Waals surface area contributed by atoms with E-state index in [0.717, 1.165) is 11.3 Å². The molecule has 0 aliphatic carbocycles. The maximum absolute atomic E-state index is 12.9. The smallest absolute Gasteiger partial charge is 0.325 e. The van der Waals surface area contributed by atoms with Crippen molar-refractivity contribution in [2.24, 2.45) is 0 Å². The Hall–Kier alpha value is -3.38. The number of urea groups is 1. The van der Waals surface area contributed by atoms with Gasteiger partial charge in [-0.2, -0.15) is 0 Å². The van der Waals surface area contributed by atoms with Crippen molar-refractivity contribution in [1.29, 1.82) is 0 Å². The molecule has 0 aliphatic heterocycles. The van der Waals surface area contributed by atoms with Gasteiger partial charge in [-0.15, -0.1) is 10.2 Å². The van der Waals surface area contributed by atoms with Crippen LogP contribution in [-0.4, -0.2) is 42.1 Å². The van der Waals surface area contributed by atoms with Gasteiger partial charge in [-0.05, 0) is 36.4 Å². The van der Waals surface area contributed by atoms with Gasteiger partial charge in [0.15, 0.2) is 4.34 Å². The van der Waals surface area contributed by atoms with Gasteiger partial charge in [0.05, 0.1) is 25.7 Å². The number of nitrogens with one attached hydrogen (secondary N) is 3. The molecule has 0 unspecified atom stereocenters. The van der Waals surface area contributed by atoms with Gasteiger partial charge < -0.3 is 20.1 Å². The number of nitrogens with zero attached hydrogens (tertiary/aromatic N) is 2. The summed E-state index contributed by atoms with van der Waals surface area (Å²) in [6, 6.07) is 9.89. The van der Waals surface area contributed by atoms with Crippen LogP contribution in [0.25, 0.3) is 0 Å². The van der Waals surface area contributed by atoms with Crippen LogP contribution in [-0.2, 0) is 4.79 Å². The first kappa shape index (κ1) is 22.3. The zero-order valence-corrected chi connectivity index (χ0v) is 18.1. The van der Waals surface area contributed by atoms with E-state index in [0.29, 0.717) is 27.2 Å². The highest BCUT2D eigenvalue weighted by molar-refractivity contribution is 8.01. The molecule has 9 nitrogen and oxygen atoms in total. The summed E-state index contributed by atoms with van der Waals surface area (Å²) in [7, 11) is 3.04. The lowest BCUT2D eigenvalue weighted by Gasteiger charge is -2.11. The van der Waals surface area contributed by atoms with Crippen LogP contribution in [0.5, 0.6) is 11.5 Å². The van der Waals surface area contributed by atoms with Gasteiger partial charge in [0.2, 0.25) is 11.0 Å². The van der Waals surface area contributed by atoms with Crippen molar-refractivity contribution in [3.63, 3.8) is 0 Å². The van der Waals surface area contributed by atoms with Crippen LogP contribution < -0.4 is 25.4 Å². The lowest BCUT2D eigenvalue weighted by atomic mass is 10.2. The molecule has 0 saturated carbocycles. The van der Waals surface area contributed by atoms with Gasteiger partial charge in [-0.25, -0.2) is 9.18 Å². The molecule has 0 fully saturated rings. The largest absolute Gasteiger partial charge is 0.497 e. The lowest BCUT2D eigenvalue weighted by molar-refractivity contribution is -0.113. The van der Waals surface area contributed by atoms with E-state index in [2.05, 4.69) is 26.1 Å². The second kappa shape index (κ2) is 10.6. The van der Waals surface area contributed by atoms with Crippen LogP contribution in [0.4, 0.5) is 25.7 Å². The molecule has 162 valence electrons. The molecule has 3 N–H and O–H groups in total. The minimum Gasteiger partial charge on any atom is -0.497 e. The molecule has 0 aliphatic rings. The fraction of sp³-hybridized carbons (Fsp3) is 0.158. The van der Waals surface area contributed by atoms with E-state index in [9.17, 15) is 14.0 Å². The van der Waals surface area contributed by atoms with Crippen LogP contribution >= 0.6 is 23.1 Å². The number of hydrogen-bond donors (Lipinski definition) is 3. The number of carbonyl (C=O) groups is 2. The molecule has 0 bridgehead atoms. The van der Waals surface area contributed by atoms with Crippen LogP contribution in [0, 0.1) is 5.82 Å². The van der Waals surface area contributed by atoms with E-state index in [-0.39, 0.29) is 16.8 Å². The molecule has 3 amide bonds. The van der Waals surface area contributed by atoms with Crippen molar-refractivity contribution < 1.29 is 23.5 Å². The number of halogens is 1. The lowest BCUT2D eigenvalue weighted by Crippen LogP contribution is -2.19. The Balaban J connectivity index is 1.50. The number of methoxy groups -OCH3 is 2. The third-order valence-electron chi connectivity index (χ3n) is 3.74. The van der Waals surface area contributed by atoms with Crippen molar-refractivity contribution >= 4 is 51.5 Å². The highest BCUT2D eigenvalue weighted by Gasteiger charge is 2.13. The Kier molecular flexibility index (Phi) is 7.62. The van der Waals surface area contributed by atoms with Gasteiger partial charge in [0.25, 0.3) is 0 Å². The highest BCUT2D eigenvalue weighted by atomic mass is 32.2. The third-order valence-corrected chi connectivity index (χ3v) is 5.71. The standard InChI is InChI=1S/C19H18FN5O4S2/c1-28-13-7-8-15(29-2)14(9-13)22-16(26)10-30-19-25-24-18(31-19)23-17(27)21-12-5-3-11(20)4-6-12/h3-9H,10H2,1-2H3,(H,22,26)(H2,21,23,24,27). The Morgan fingerprint density at radius 2 is 1.81 bits per heavy atom. The molecular weight excluding hydrogens is 445 g/mol. The summed E-state index contributed by atoms with van der Waals surface area (Å²) in [6.07, 6.45) is 0. The molecule has 2 aromatic carbocycles. The number of hydrogen-bond acceptors (Lipinski definition) is 8. The van der Waals surface area contributed by atoms with Crippen LogP contribution in [0.3, 0.4) is 0 Å². The highest BCUT2D eigenvalue weighted by Crippen LogP contribution is 2.30. The second-order valence-electron chi connectivity index (χ2n) is 5.86. The first-order valence-electron chi connectivity index (χ1n) is 8.78. The van der Waals surface area contributed by atoms with E-state index in [1.807, 2.05) is 0 Å². The van der Waals surface area contributed by atoms with Gasteiger partial charge in [-0.3, -0.25) is 10.1 Å². The number of carbonyl (C=O) groups excluding carboxylic acids is 2. The van der Waals surface area contributed by atoms with Gasteiger partial charge in [-0.1, -0.05) is 23.1 Å². The number of aromatic nitrogens is 2. The zero-order chi connectivity index (χ0) is 22.2. The van der Waals surface area contributed by atoms with Crippen molar-refractivity contribution in [3.05, 3.63) is 48.3 Å². The summed E-state index contributed by atoms with van der Waals surface area (Å²) >= 11 is 2.29. The van der Waals surface area contributed by atoms with E-state index in [1.165, 1.54) is 50.2 Å². The quantitative estimate of drug-likeness (QED) is 0.341.